The number of ether oxygens (including phenoxy) is 2. The number of hydrogen-bond acceptors (Lipinski definition) is 5. The molecule has 110 valence electrons. The Morgan fingerprint density at radius 3 is 2.60 bits per heavy atom. The molecule has 0 bridgehead atoms. The van der Waals surface area contributed by atoms with Crippen LogP contribution in [-0.2, 0) is 0 Å². The van der Waals surface area contributed by atoms with Crippen LogP contribution in [0, 0.1) is 0 Å². The zero-order valence-corrected chi connectivity index (χ0v) is 11.6. The van der Waals surface area contributed by atoms with Crippen molar-refractivity contribution in [3.63, 3.8) is 0 Å². The van der Waals surface area contributed by atoms with E-state index in [0.717, 1.165) is 30.9 Å². The highest BCUT2D eigenvalue weighted by molar-refractivity contribution is 5.44. The van der Waals surface area contributed by atoms with Gasteiger partial charge in [0.1, 0.15) is 13.2 Å². The summed E-state index contributed by atoms with van der Waals surface area (Å²) in [4.78, 5) is 2.31. The van der Waals surface area contributed by atoms with Gasteiger partial charge in [-0.25, -0.2) is 0 Å². The molecule has 1 fully saturated rings. The maximum absolute atomic E-state index is 10.4. The average Bonchev–Trinajstić information content (AvgIpc) is 2.99. The van der Waals surface area contributed by atoms with Gasteiger partial charge < -0.3 is 25.2 Å². The highest BCUT2D eigenvalue weighted by Crippen LogP contribution is 2.33. The fourth-order valence-electron chi connectivity index (χ4n) is 2.85. The molecule has 0 spiro atoms. The first-order chi connectivity index (χ1) is 9.74. The van der Waals surface area contributed by atoms with Crippen molar-refractivity contribution >= 4 is 0 Å². The Morgan fingerprint density at radius 2 is 1.85 bits per heavy atom. The summed E-state index contributed by atoms with van der Waals surface area (Å²) in [6.07, 6.45) is 1.78. The molecule has 3 rings (SSSR count). The number of fused-ring (bicyclic) bond motifs is 1. The molecule has 1 unspecified atom stereocenters. The Morgan fingerprint density at radius 1 is 1.15 bits per heavy atom. The molecule has 2 atom stereocenters. The quantitative estimate of drug-likeness (QED) is 0.857. The summed E-state index contributed by atoms with van der Waals surface area (Å²) in [6, 6.07) is 5.26. The van der Waals surface area contributed by atoms with Gasteiger partial charge in [0.25, 0.3) is 0 Å². The minimum atomic E-state index is -0.675. The van der Waals surface area contributed by atoms with Crippen LogP contribution >= 0.6 is 0 Å². The summed E-state index contributed by atoms with van der Waals surface area (Å²) in [7, 11) is 0. The Balaban J connectivity index is 1.67. The van der Waals surface area contributed by atoms with E-state index < -0.39 is 6.10 Å². The molecule has 0 aromatic heterocycles. The molecule has 0 aliphatic carbocycles. The van der Waals surface area contributed by atoms with Crippen molar-refractivity contribution in [2.75, 3.05) is 32.8 Å². The summed E-state index contributed by atoms with van der Waals surface area (Å²) in [5.41, 5.74) is 6.93. The molecule has 1 aromatic rings. The topological polar surface area (TPSA) is 68.0 Å². The van der Waals surface area contributed by atoms with Crippen molar-refractivity contribution in [3.8, 4) is 11.5 Å². The molecule has 5 heteroatoms. The predicted octanol–water partition coefficient (Wildman–Crippen LogP) is 0.914. The van der Waals surface area contributed by atoms with Crippen LogP contribution in [-0.4, -0.2) is 48.9 Å². The van der Waals surface area contributed by atoms with Crippen LogP contribution in [0.15, 0.2) is 18.2 Å². The largest absolute Gasteiger partial charge is 0.486 e. The monoisotopic (exact) mass is 278 g/mol. The van der Waals surface area contributed by atoms with Crippen LogP contribution in [0.1, 0.15) is 24.5 Å². The minimum Gasteiger partial charge on any atom is -0.486 e. The lowest BCUT2D eigenvalue weighted by molar-refractivity contribution is 0.124. The third-order valence-corrected chi connectivity index (χ3v) is 3.98. The molecule has 5 nitrogen and oxygen atoms in total. The summed E-state index contributed by atoms with van der Waals surface area (Å²) >= 11 is 0. The summed E-state index contributed by atoms with van der Waals surface area (Å²) in [6.45, 7) is 4.02. The van der Waals surface area contributed by atoms with Gasteiger partial charge in [-0.05, 0) is 43.6 Å². The molecule has 0 amide bonds. The summed E-state index contributed by atoms with van der Waals surface area (Å²) in [5.74, 6) is 1.43. The van der Waals surface area contributed by atoms with E-state index in [2.05, 4.69) is 4.90 Å². The third kappa shape index (κ3) is 2.90. The lowest BCUT2D eigenvalue weighted by atomic mass is 10.0. The van der Waals surface area contributed by atoms with Crippen LogP contribution in [0.4, 0.5) is 0 Å². The minimum absolute atomic E-state index is 0.282. The lowest BCUT2D eigenvalue weighted by Crippen LogP contribution is -2.40. The maximum atomic E-state index is 10.4. The van der Waals surface area contributed by atoms with E-state index in [1.165, 1.54) is 12.8 Å². The van der Waals surface area contributed by atoms with Crippen LogP contribution in [0.2, 0.25) is 0 Å². The normalized spacial score (nSPS) is 21.7. The summed E-state index contributed by atoms with van der Waals surface area (Å²) in [5, 5.41) is 10.4. The van der Waals surface area contributed by atoms with Crippen LogP contribution in [0.3, 0.4) is 0 Å². The van der Waals surface area contributed by atoms with E-state index in [4.69, 9.17) is 15.2 Å². The van der Waals surface area contributed by atoms with Gasteiger partial charge in [-0.15, -0.1) is 0 Å². The van der Waals surface area contributed by atoms with Crippen LogP contribution in [0.25, 0.3) is 0 Å². The molecule has 2 aliphatic rings. The van der Waals surface area contributed by atoms with Gasteiger partial charge in [-0.2, -0.15) is 0 Å². The van der Waals surface area contributed by atoms with Gasteiger partial charge >= 0.3 is 0 Å². The Labute approximate surface area is 119 Å². The van der Waals surface area contributed by atoms with Crippen molar-refractivity contribution in [2.24, 2.45) is 5.73 Å². The predicted molar refractivity (Wildman–Crippen MR) is 76.0 cm³/mol. The molecule has 2 aliphatic heterocycles. The molecule has 0 saturated carbocycles. The second-order valence-electron chi connectivity index (χ2n) is 5.52. The molecular weight excluding hydrogens is 256 g/mol. The first-order valence-electron chi connectivity index (χ1n) is 7.29. The second kappa shape index (κ2) is 5.99. The van der Waals surface area contributed by atoms with E-state index in [9.17, 15) is 5.11 Å². The van der Waals surface area contributed by atoms with Gasteiger partial charge in [-0.3, -0.25) is 0 Å². The van der Waals surface area contributed by atoms with Crippen LogP contribution in [0.5, 0.6) is 11.5 Å². The van der Waals surface area contributed by atoms with E-state index in [0.29, 0.717) is 19.0 Å². The highest BCUT2D eigenvalue weighted by atomic mass is 16.6. The SMILES string of the molecule is NC(CN1CCCC1)[C@@H](O)c1ccc2c(c1)OCCO2. The van der Waals surface area contributed by atoms with Crippen LogP contribution < -0.4 is 15.2 Å². The molecule has 0 radical (unpaired) electrons. The second-order valence-corrected chi connectivity index (χ2v) is 5.52. The highest BCUT2D eigenvalue weighted by Gasteiger charge is 2.23. The van der Waals surface area contributed by atoms with Crippen molar-refractivity contribution in [3.05, 3.63) is 23.8 Å². The molecule has 1 saturated heterocycles. The number of aliphatic hydroxyl groups excluding tert-OH is 1. The van der Waals surface area contributed by atoms with Gasteiger partial charge in [0.2, 0.25) is 0 Å². The Bertz CT molecular complexity index is 460. The van der Waals surface area contributed by atoms with E-state index >= 15 is 0 Å². The number of hydrogen-bond donors (Lipinski definition) is 2. The number of likely N-dealkylation sites (tertiary alicyclic amines) is 1. The number of nitrogens with two attached hydrogens (primary N) is 1. The van der Waals surface area contributed by atoms with Crippen molar-refractivity contribution < 1.29 is 14.6 Å². The zero-order chi connectivity index (χ0) is 13.9. The number of benzene rings is 1. The van der Waals surface area contributed by atoms with E-state index in [-0.39, 0.29) is 6.04 Å². The van der Waals surface area contributed by atoms with Crippen molar-refractivity contribution in [2.45, 2.75) is 25.0 Å². The Hall–Kier alpha value is -1.30. The van der Waals surface area contributed by atoms with Gasteiger partial charge in [0.05, 0.1) is 6.10 Å². The average molecular weight is 278 g/mol. The van der Waals surface area contributed by atoms with Gasteiger partial charge in [0, 0.05) is 12.6 Å². The molecular formula is C15H22N2O3. The third-order valence-electron chi connectivity index (χ3n) is 3.98. The van der Waals surface area contributed by atoms with E-state index in [1.54, 1.807) is 0 Å². The zero-order valence-electron chi connectivity index (χ0n) is 11.6. The molecule has 20 heavy (non-hydrogen) atoms. The Kier molecular flexibility index (Phi) is 4.10. The van der Waals surface area contributed by atoms with E-state index in [1.807, 2.05) is 18.2 Å². The fraction of sp³-hybridized carbons (Fsp3) is 0.600. The lowest BCUT2D eigenvalue weighted by Gasteiger charge is -2.26. The first kappa shape index (κ1) is 13.7. The number of rotatable bonds is 4. The summed E-state index contributed by atoms with van der Waals surface area (Å²) < 4.78 is 11.0. The maximum Gasteiger partial charge on any atom is 0.161 e. The molecule has 1 aromatic carbocycles. The standard InChI is InChI=1S/C15H22N2O3/c16-12(10-17-5-1-2-6-17)15(18)11-3-4-13-14(9-11)20-8-7-19-13/h3-4,9,12,15,18H,1-2,5-8,10,16H2/t12?,15-/m0/s1. The first-order valence-corrected chi connectivity index (χ1v) is 7.29. The fourth-order valence-corrected chi connectivity index (χ4v) is 2.85. The van der Waals surface area contributed by atoms with Gasteiger partial charge in [0.15, 0.2) is 11.5 Å². The van der Waals surface area contributed by atoms with Crippen molar-refractivity contribution in [1.29, 1.82) is 0 Å². The van der Waals surface area contributed by atoms with Crippen molar-refractivity contribution in [1.82, 2.24) is 4.90 Å². The molecule has 2 heterocycles. The number of nitrogens with zero attached hydrogens (tertiary/aromatic N) is 1. The number of aliphatic hydroxyl groups is 1. The molecule has 3 N–H and O–H groups in total. The van der Waals surface area contributed by atoms with Gasteiger partial charge in [-0.1, -0.05) is 6.07 Å². The smallest absolute Gasteiger partial charge is 0.161 e.